The molecule has 0 unspecified atom stereocenters. The fourth-order valence-electron chi connectivity index (χ4n) is 2.28. The summed E-state index contributed by atoms with van der Waals surface area (Å²) in [6.45, 7) is 9.09. The van der Waals surface area contributed by atoms with Crippen molar-refractivity contribution in [2.45, 2.75) is 39.7 Å². The molecular formula is C12H20N4O. The molecule has 94 valence electrons. The van der Waals surface area contributed by atoms with Crippen LogP contribution >= 0.6 is 0 Å². The van der Waals surface area contributed by atoms with E-state index in [4.69, 9.17) is 0 Å². The summed E-state index contributed by atoms with van der Waals surface area (Å²) in [4.78, 5) is 13.9. The first-order chi connectivity index (χ1) is 7.80. The molecule has 1 amide bonds. The first-order valence-electron chi connectivity index (χ1n) is 5.92. The summed E-state index contributed by atoms with van der Waals surface area (Å²) in [5, 5.41) is 7.34. The average molecular weight is 236 g/mol. The predicted molar refractivity (Wildman–Crippen MR) is 68.3 cm³/mol. The number of carbonyl (C=O) groups is 1. The number of carbonyl (C=O) groups excluding carboxylic acids is 1. The maximum absolute atomic E-state index is 11.7. The highest BCUT2D eigenvalue weighted by atomic mass is 16.1. The van der Waals surface area contributed by atoms with Crippen molar-refractivity contribution in [3.8, 4) is 0 Å². The lowest BCUT2D eigenvalue weighted by molar-refractivity contribution is -0.116. The number of hydrogen-bond donors (Lipinski definition) is 1. The molecule has 0 spiro atoms. The minimum atomic E-state index is -0.0265. The molecule has 1 aromatic heterocycles. The van der Waals surface area contributed by atoms with Crippen LogP contribution in [-0.2, 0) is 11.8 Å². The molecule has 1 aliphatic rings. The van der Waals surface area contributed by atoms with Crippen LogP contribution in [0.1, 0.15) is 32.9 Å². The van der Waals surface area contributed by atoms with Crippen LogP contribution in [0.15, 0.2) is 0 Å². The summed E-state index contributed by atoms with van der Waals surface area (Å²) in [5.41, 5.74) is 1.69. The number of fused-ring (bicyclic) bond motifs is 1. The summed E-state index contributed by atoms with van der Waals surface area (Å²) in [5.74, 6) is 1.06. The normalized spacial score (nSPS) is 16.5. The van der Waals surface area contributed by atoms with Gasteiger partial charge in [-0.2, -0.15) is 5.10 Å². The van der Waals surface area contributed by atoms with Gasteiger partial charge >= 0.3 is 0 Å². The van der Waals surface area contributed by atoms with E-state index in [1.54, 1.807) is 0 Å². The number of nitrogens with one attached hydrogen (secondary N) is 1. The summed E-state index contributed by atoms with van der Waals surface area (Å²) in [6.07, 6.45) is 0.519. The Balaban J connectivity index is 2.57. The van der Waals surface area contributed by atoms with Gasteiger partial charge in [-0.05, 0) is 27.7 Å². The quantitative estimate of drug-likeness (QED) is 0.745. The SMILES string of the molecule is Cc1nn(C)c2c1NC(=O)CCN2C(C)(C)C. The van der Waals surface area contributed by atoms with Gasteiger partial charge in [0.05, 0.1) is 5.69 Å². The lowest BCUT2D eigenvalue weighted by atomic mass is 10.1. The van der Waals surface area contributed by atoms with E-state index in [0.717, 1.165) is 23.7 Å². The third kappa shape index (κ3) is 2.01. The Morgan fingerprint density at radius 3 is 2.59 bits per heavy atom. The van der Waals surface area contributed by atoms with E-state index >= 15 is 0 Å². The first kappa shape index (κ1) is 12.0. The molecule has 2 rings (SSSR count). The van der Waals surface area contributed by atoms with Gasteiger partial charge in [-0.3, -0.25) is 9.48 Å². The van der Waals surface area contributed by atoms with E-state index in [2.05, 4.69) is 36.1 Å². The van der Waals surface area contributed by atoms with Crippen molar-refractivity contribution in [1.29, 1.82) is 0 Å². The number of amides is 1. The number of aryl methyl sites for hydroxylation is 2. The second kappa shape index (κ2) is 3.75. The van der Waals surface area contributed by atoms with Crippen molar-refractivity contribution in [2.75, 3.05) is 16.8 Å². The number of hydrogen-bond acceptors (Lipinski definition) is 3. The van der Waals surface area contributed by atoms with E-state index in [-0.39, 0.29) is 11.4 Å². The standard InChI is InChI=1S/C12H20N4O/c1-8-10-11(15(5)14-8)16(12(2,3)4)7-6-9(17)13-10/h6-7H2,1-5H3,(H,13,17). The molecular weight excluding hydrogens is 216 g/mol. The van der Waals surface area contributed by atoms with Gasteiger partial charge < -0.3 is 10.2 Å². The van der Waals surface area contributed by atoms with E-state index in [0.29, 0.717) is 6.42 Å². The van der Waals surface area contributed by atoms with Crippen molar-refractivity contribution in [1.82, 2.24) is 9.78 Å². The zero-order valence-electron chi connectivity index (χ0n) is 11.2. The van der Waals surface area contributed by atoms with Crippen molar-refractivity contribution < 1.29 is 4.79 Å². The highest BCUT2D eigenvalue weighted by molar-refractivity contribution is 5.96. The number of rotatable bonds is 0. The van der Waals surface area contributed by atoms with E-state index in [1.807, 2.05) is 18.7 Å². The Morgan fingerprint density at radius 1 is 1.35 bits per heavy atom. The predicted octanol–water partition coefficient (Wildman–Crippen LogP) is 1.68. The molecule has 0 saturated heterocycles. The van der Waals surface area contributed by atoms with Crippen LogP contribution in [-0.4, -0.2) is 27.8 Å². The summed E-state index contributed by atoms with van der Waals surface area (Å²) in [6, 6.07) is 0. The van der Waals surface area contributed by atoms with Crippen molar-refractivity contribution in [3.05, 3.63) is 5.69 Å². The lowest BCUT2D eigenvalue weighted by Crippen LogP contribution is -2.43. The Kier molecular flexibility index (Phi) is 2.64. The monoisotopic (exact) mass is 236 g/mol. The van der Waals surface area contributed by atoms with Gasteiger partial charge in [-0.25, -0.2) is 0 Å². The number of aromatic nitrogens is 2. The summed E-state index contributed by atoms with van der Waals surface area (Å²) in [7, 11) is 1.92. The molecule has 1 aromatic rings. The molecule has 17 heavy (non-hydrogen) atoms. The molecule has 0 aliphatic carbocycles. The van der Waals surface area contributed by atoms with E-state index < -0.39 is 0 Å². The molecule has 0 saturated carbocycles. The van der Waals surface area contributed by atoms with Gasteiger partial charge in [-0.15, -0.1) is 0 Å². The fraction of sp³-hybridized carbons (Fsp3) is 0.667. The van der Waals surface area contributed by atoms with Crippen LogP contribution in [0.3, 0.4) is 0 Å². The molecule has 1 N–H and O–H groups in total. The van der Waals surface area contributed by atoms with Crippen LogP contribution in [0.4, 0.5) is 11.5 Å². The molecule has 1 aliphatic heterocycles. The Bertz CT molecular complexity index is 456. The third-order valence-electron chi connectivity index (χ3n) is 3.08. The molecule has 5 nitrogen and oxygen atoms in total. The van der Waals surface area contributed by atoms with Crippen LogP contribution in [0.25, 0.3) is 0 Å². The van der Waals surface area contributed by atoms with E-state index in [1.165, 1.54) is 0 Å². The molecule has 0 aromatic carbocycles. The van der Waals surface area contributed by atoms with Gasteiger partial charge in [0.2, 0.25) is 5.91 Å². The van der Waals surface area contributed by atoms with E-state index in [9.17, 15) is 4.79 Å². The summed E-state index contributed by atoms with van der Waals surface area (Å²) < 4.78 is 1.85. The number of nitrogens with zero attached hydrogens (tertiary/aromatic N) is 3. The minimum Gasteiger partial charge on any atom is -0.350 e. The van der Waals surface area contributed by atoms with Crippen LogP contribution in [0, 0.1) is 6.92 Å². The fourth-order valence-corrected chi connectivity index (χ4v) is 2.28. The third-order valence-corrected chi connectivity index (χ3v) is 3.08. The second-order valence-corrected chi connectivity index (χ2v) is 5.53. The Morgan fingerprint density at radius 2 is 2.00 bits per heavy atom. The van der Waals surface area contributed by atoms with Crippen LogP contribution in [0.5, 0.6) is 0 Å². The molecule has 0 fully saturated rings. The van der Waals surface area contributed by atoms with Crippen LogP contribution < -0.4 is 10.2 Å². The lowest BCUT2D eigenvalue weighted by Gasteiger charge is -2.36. The van der Waals surface area contributed by atoms with Gasteiger partial charge in [0.1, 0.15) is 5.69 Å². The number of anilines is 2. The van der Waals surface area contributed by atoms with Crippen molar-refractivity contribution in [3.63, 3.8) is 0 Å². The smallest absolute Gasteiger partial charge is 0.226 e. The topological polar surface area (TPSA) is 50.2 Å². The first-order valence-corrected chi connectivity index (χ1v) is 5.92. The van der Waals surface area contributed by atoms with Gasteiger partial charge in [0.15, 0.2) is 5.82 Å². The molecule has 0 bridgehead atoms. The van der Waals surface area contributed by atoms with Gasteiger partial charge in [0.25, 0.3) is 0 Å². The molecule has 0 atom stereocenters. The highest BCUT2D eigenvalue weighted by Crippen LogP contribution is 2.35. The van der Waals surface area contributed by atoms with Gasteiger partial charge in [0, 0.05) is 25.6 Å². The Labute approximate surface area is 102 Å². The largest absolute Gasteiger partial charge is 0.350 e. The zero-order chi connectivity index (χ0) is 12.8. The Hall–Kier alpha value is -1.52. The molecule has 2 heterocycles. The second-order valence-electron chi connectivity index (χ2n) is 5.53. The van der Waals surface area contributed by atoms with Crippen molar-refractivity contribution >= 4 is 17.4 Å². The molecule has 5 heteroatoms. The van der Waals surface area contributed by atoms with Crippen molar-refractivity contribution in [2.24, 2.45) is 7.05 Å². The van der Waals surface area contributed by atoms with Gasteiger partial charge in [-0.1, -0.05) is 0 Å². The highest BCUT2D eigenvalue weighted by Gasteiger charge is 2.31. The summed E-state index contributed by atoms with van der Waals surface area (Å²) >= 11 is 0. The average Bonchev–Trinajstić information content (AvgIpc) is 2.37. The minimum absolute atomic E-state index is 0.0265. The molecule has 0 radical (unpaired) electrons. The van der Waals surface area contributed by atoms with Crippen LogP contribution in [0.2, 0.25) is 0 Å². The zero-order valence-corrected chi connectivity index (χ0v) is 11.2. The maximum atomic E-state index is 11.7. The maximum Gasteiger partial charge on any atom is 0.226 e.